The Morgan fingerprint density at radius 1 is 1.50 bits per heavy atom. The number of aliphatic hydroxyl groups excluding tert-OH is 2. The van der Waals surface area contributed by atoms with Gasteiger partial charge in [-0.05, 0) is 17.8 Å². The second kappa shape index (κ2) is 2.89. The second-order valence-corrected chi connectivity index (χ2v) is 3.28. The maximum Gasteiger partial charge on any atom is 0.0604 e. The Labute approximate surface area is 61.9 Å². The molecule has 1 aliphatic carbocycles. The van der Waals surface area contributed by atoms with Gasteiger partial charge in [0, 0.05) is 6.61 Å². The van der Waals surface area contributed by atoms with E-state index < -0.39 is 0 Å². The third-order valence-electron chi connectivity index (χ3n) is 2.70. The Morgan fingerprint density at radius 3 is 2.10 bits per heavy atom. The lowest BCUT2D eigenvalue weighted by molar-refractivity contribution is 0.173. The molecule has 2 heteroatoms. The molecule has 0 aromatic rings. The van der Waals surface area contributed by atoms with E-state index in [1.54, 1.807) is 0 Å². The minimum Gasteiger partial charge on any atom is -0.396 e. The molecule has 0 heterocycles. The molecule has 1 fully saturated rings. The molecule has 1 saturated carbocycles. The van der Waals surface area contributed by atoms with E-state index in [1.807, 2.05) is 6.92 Å². The summed E-state index contributed by atoms with van der Waals surface area (Å²) >= 11 is 0. The highest BCUT2D eigenvalue weighted by Gasteiger charge is 2.49. The highest BCUT2D eigenvalue weighted by atomic mass is 16.3. The van der Waals surface area contributed by atoms with Crippen molar-refractivity contribution in [1.82, 2.24) is 0 Å². The molecule has 0 aliphatic heterocycles. The third-order valence-corrected chi connectivity index (χ3v) is 2.70. The molecule has 0 saturated heterocycles. The molecule has 0 bridgehead atoms. The van der Waals surface area contributed by atoms with Gasteiger partial charge in [0.1, 0.15) is 0 Å². The third kappa shape index (κ3) is 1.18. The van der Waals surface area contributed by atoms with Crippen molar-refractivity contribution in [2.24, 2.45) is 17.8 Å². The van der Waals surface area contributed by atoms with Crippen LogP contribution in [-0.4, -0.2) is 22.9 Å². The molecule has 0 unspecified atom stereocenters. The zero-order valence-corrected chi connectivity index (χ0v) is 6.62. The first kappa shape index (κ1) is 8.02. The number of rotatable bonds is 3. The van der Waals surface area contributed by atoms with Crippen LogP contribution in [0.5, 0.6) is 0 Å². The van der Waals surface area contributed by atoms with Crippen LogP contribution in [0.15, 0.2) is 0 Å². The lowest BCUT2D eigenvalue weighted by Gasteiger charge is -2.08. The summed E-state index contributed by atoms with van der Waals surface area (Å²) in [5.41, 5.74) is 0. The summed E-state index contributed by atoms with van der Waals surface area (Å²) in [7, 11) is 0. The number of aliphatic hydroxyl groups is 2. The van der Waals surface area contributed by atoms with Crippen LogP contribution in [0.2, 0.25) is 0 Å². The van der Waals surface area contributed by atoms with E-state index in [9.17, 15) is 5.11 Å². The highest BCUT2D eigenvalue weighted by Crippen LogP contribution is 2.45. The Hall–Kier alpha value is -0.0800. The van der Waals surface area contributed by atoms with Crippen LogP contribution in [0.25, 0.3) is 0 Å². The summed E-state index contributed by atoms with van der Waals surface area (Å²) in [4.78, 5) is 0. The van der Waals surface area contributed by atoms with Gasteiger partial charge in [-0.1, -0.05) is 20.3 Å². The molecule has 4 atom stereocenters. The van der Waals surface area contributed by atoms with Gasteiger partial charge in [0.15, 0.2) is 0 Å². The lowest BCUT2D eigenvalue weighted by Crippen LogP contribution is -2.09. The van der Waals surface area contributed by atoms with Crippen molar-refractivity contribution in [2.45, 2.75) is 26.4 Å². The van der Waals surface area contributed by atoms with Crippen molar-refractivity contribution >= 4 is 0 Å². The Morgan fingerprint density at radius 2 is 2.00 bits per heavy atom. The van der Waals surface area contributed by atoms with E-state index in [-0.39, 0.29) is 12.7 Å². The molecule has 2 N–H and O–H groups in total. The Kier molecular flexibility index (Phi) is 2.32. The number of hydrogen-bond donors (Lipinski definition) is 2. The maximum absolute atomic E-state index is 9.22. The van der Waals surface area contributed by atoms with Gasteiger partial charge in [0.05, 0.1) is 6.10 Å². The predicted molar refractivity (Wildman–Crippen MR) is 39.5 cm³/mol. The first-order valence-corrected chi connectivity index (χ1v) is 4.01. The van der Waals surface area contributed by atoms with Gasteiger partial charge in [-0.2, -0.15) is 0 Å². The molecule has 0 spiro atoms. The fourth-order valence-corrected chi connectivity index (χ4v) is 1.70. The highest BCUT2D eigenvalue weighted by molar-refractivity contribution is 4.97. The van der Waals surface area contributed by atoms with Gasteiger partial charge < -0.3 is 10.2 Å². The fourth-order valence-electron chi connectivity index (χ4n) is 1.70. The number of hydrogen-bond acceptors (Lipinski definition) is 2. The quantitative estimate of drug-likeness (QED) is 0.610. The first-order chi connectivity index (χ1) is 4.72. The zero-order chi connectivity index (χ0) is 7.72. The van der Waals surface area contributed by atoms with Crippen LogP contribution in [0.1, 0.15) is 20.3 Å². The van der Waals surface area contributed by atoms with Crippen molar-refractivity contribution in [3.05, 3.63) is 0 Å². The average Bonchev–Trinajstić information content (AvgIpc) is 2.49. The topological polar surface area (TPSA) is 40.5 Å². The van der Waals surface area contributed by atoms with E-state index in [1.165, 1.54) is 0 Å². The van der Waals surface area contributed by atoms with Gasteiger partial charge in [-0.15, -0.1) is 0 Å². The minimum absolute atomic E-state index is 0.142. The first-order valence-electron chi connectivity index (χ1n) is 4.01. The van der Waals surface area contributed by atoms with Gasteiger partial charge in [-0.25, -0.2) is 0 Å². The van der Waals surface area contributed by atoms with E-state index >= 15 is 0 Å². The maximum atomic E-state index is 9.22. The second-order valence-electron chi connectivity index (χ2n) is 3.28. The molecule has 1 rings (SSSR count). The largest absolute Gasteiger partial charge is 0.396 e. The normalized spacial score (nSPS) is 41.4. The molecule has 1 aliphatic rings. The summed E-state index contributed by atoms with van der Waals surface area (Å²) < 4.78 is 0. The molecule has 60 valence electrons. The van der Waals surface area contributed by atoms with E-state index in [2.05, 4.69) is 6.92 Å². The van der Waals surface area contributed by atoms with E-state index in [0.29, 0.717) is 17.8 Å². The molecule has 0 aromatic heterocycles. The molecular weight excluding hydrogens is 128 g/mol. The van der Waals surface area contributed by atoms with Crippen LogP contribution < -0.4 is 0 Å². The van der Waals surface area contributed by atoms with Crippen LogP contribution >= 0.6 is 0 Å². The van der Waals surface area contributed by atoms with E-state index in [4.69, 9.17) is 5.11 Å². The molecule has 0 amide bonds. The lowest BCUT2D eigenvalue weighted by atomic mass is 10.0. The molecule has 0 aromatic carbocycles. The van der Waals surface area contributed by atoms with Crippen LogP contribution in [0.4, 0.5) is 0 Å². The standard InChI is InChI=1S/C8H16O2/c1-3-6(4-9)7-5(2)8(7)10/h5-10H,3-4H2,1-2H3/t5-,6-,7+,8+/m1/s1. The predicted octanol–water partition coefficient (Wildman–Crippen LogP) is 0.632. The Bertz CT molecular complexity index is 102. The Balaban J connectivity index is 2.35. The molecule has 10 heavy (non-hydrogen) atoms. The van der Waals surface area contributed by atoms with Gasteiger partial charge in [0.2, 0.25) is 0 Å². The summed E-state index contributed by atoms with van der Waals surface area (Å²) in [6, 6.07) is 0. The van der Waals surface area contributed by atoms with Gasteiger partial charge in [-0.3, -0.25) is 0 Å². The zero-order valence-electron chi connectivity index (χ0n) is 6.62. The SMILES string of the molecule is CC[C@H](CO)[C@@H]1[C@@H](C)[C@@H]1O. The van der Waals surface area contributed by atoms with Crippen molar-refractivity contribution in [1.29, 1.82) is 0 Å². The van der Waals surface area contributed by atoms with Crippen molar-refractivity contribution < 1.29 is 10.2 Å². The molecular formula is C8H16O2. The minimum atomic E-state index is -0.142. The van der Waals surface area contributed by atoms with Crippen molar-refractivity contribution in [3.63, 3.8) is 0 Å². The fraction of sp³-hybridized carbons (Fsp3) is 1.00. The van der Waals surface area contributed by atoms with Crippen molar-refractivity contribution in [2.75, 3.05) is 6.61 Å². The summed E-state index contributed by atoms with van der Waals surface area (Å²) in [6.45, 7) is 4.31. The smallest absolute Gasteiger partial charge is 0.0604 e. The van der Waals surface area contributed by atoms with E-state index in [0.717, 1.165) is 6.42 Å². The molecule has 0 radical (unpaired) electrons. The van der Waals surface area contributed by atoms with Crippen molar-refractivity contribution in [3.8, 4) is 0 Å². The van der Waals surface area contributed by atoms with Gasteiger partial charge >= 0.3 is 0 Å². The average molecular weight is 144 g/mol. The summed E-state index contributed by atoms with van der Waals surface area (Å²) in [5.74, 6) is 1.11. The summed E-state index contributed by atoms with van der Waals surface area (Å²) in [5, 5.41) is 18.1. The van der Waals surface area contributed by atoms with Crippen LogP contribution in [0.3, 0.4) is 0 Å². The summed E-state index contributed by atoms with van der Waals surface area (Å²) in [6.07, 6.45) is 0.833. The monoisotopic (exact) mass is 144 g/mol. The van der Waals surface area contributed by atoms with Crippen LogP contribution in [-0.2, 0) is 0 Å². The van der Waals surface area contributed by atoms with Crippen LogP contribution in [0, 0.1) is 17.8 Å². The molecule has 2 nitrogen and oxygen atoms in total. The van der Waals surface area contributed by atoms with Gasteiger partial charge in [0.25, 0.3) is 0 Å².